The fourth-order valence-electron chi connectivity index (χ4n) is 6.46. The largest absolute Gasteiger partial charge is 0.444 e. The molecule has 42 heavy (non-hydrogen) atoms. The molecule has 5 aromatic rings. The number of rotatable bonds is 4. The highest BCUT2D eigenvalue weighted by molar-refractivity contribution is 5.91. The number of imidazole rings is 2. The summed E-state index contributed by atoms with van der Waals surface area (Å²) in [4.78, 5) is 33.6. The Morgan fingerprint density at radius 1 is 0.857 bits per heavy atom. The van der Waals surface area contributed by atoms with E-state index in [1.54, 1.807) is 4.90 Å². The Kier molecular flexibility index (Phi) is 6.54. The second-order valence-electron chi connectivity index (χ2n) is 12.8. The van der Waals surface area contributed by atoms with Gasteiger partial charge >= 0.3 is 6.09 Å². The summed E-state index contributed by atoms with van der Waals surface area (Å²) < 4.78 is 5.64. The van der Waals surface area contributed by atoms with E-state index in [4.69, 9.17) is 9.72 Å². The van der Waals surface area contributed by atoms with Gasteiger partial charge in [0.1, 0.15) is 17.2 Å². The topological polar surface area (TPSA) is 90.1 Å². The molecule has 2 fully saturated rings. The number of hydrogen-bond acceptors (Lipinski definition) is 5. The van der Waals surface area contributed by atoms with Crippen LogP contribution < -0.4 is 0 Å². The molecule has 2 unspecified atom stereocenters. The van der Waals surface area contributed by atoms with Crippen molar-refractivity contribution in [1.29, 1.82) is 0 Å². The lowest BCUT2D eigenvalue weighted by Gasteiger charge is -2.27. The van der Waals surface area contributed by atoms with Crippen LogP contribution in [0.4, 0.5) is 4.79 Å². The molecule has 0 aliphatic carbocycles. The molecule has 2 aliphatic heterocycles. The minimum atomic E-state index is -0.523. The summed E-state index contributed by atoms with van der Waals surface area (Å²) in [7, 11) is 2.18. The van der Waals surface area contributed by atoms with Gasteiger partial charge in [-0.25, -0.2) is 14.8 Å². The van der Waals surface area contributed by atoms with Gasteiger partial charge in [-0.2, -0.15) is 0 Å². The maximum atomic E-state index is 12.8. The van der Waals surface area contributed by atoms with Gasteiger partial charge in [0, 0.05) is 12.1 Å². The number of ether oxygens (including phenoxy) is 1. The number of aromatic nitrogens is 4. The monoisotopic (exact) mass is 562 g/mol. The van der Waals surface area contributed by atoms with Crippen molar-refractivity contribution in [3.8, 4) is 22.4 Å². The molecule has 0 radical (unpaired) electrons. The zero-order chi connectivity index (χ0) is 29.0. The number of likely N-dealkylation sites (tertiary alicyclic amines) is 2. The number of hydrogen-bond donors (Lipinski definition) is 2. The normalized spacial score (nSPS) is 19.8. The molecule has 2 atom stereocenters. The van der Waals surface area contributed by atoms with Crippen LogP contribution in [0.15, 0.2) is 60.8 Å². The molecule has 216 valence electrons. The predicted octanol–water partition coefficient (Wildman–Crippen LogP) is 7.61. The van der Waals surface area contributed by atoms with Gasteiger partial charge in [-0.15, -0.1) is 0 Å². The van der Waals surface area contributed by atoms with Gasteiger partial charge in [-0.1, -0.05) is 30.3 Å². The van der Waals surface area contributed by atoms with Crippen LogP contribution in [-0.2, 0) is 4.74 Å². The standard InChI is InChI=1S/C34H38N6O2/c1-34(2,3)42-33(41)40-16-6-8-30(40)31-35-20-28(38-31)25-12-11-21-17-22(9-10-23(21)18-25)24-13-14-26-27(19-24)37-32(36-26)29-7-5-15-39(29)4/h9-14,17-20,29-30H,5-8,15-16H2,1-4H3,(H,35,38)(H,36,37). The first kappa shape index (κ1) is 26.7. The molecule has 2 aromatic heterocycles. The van der Waals surface area contributed by atoms with E-state index < -0.39 is 5.60 Å². The van der Waals surface area contributed by atoms with Gasteiger partial charge in [0.05, 0.1) is 35.0 Å². The highest BCUT2D eigenvalue weighted by Crippen LogP contribution is 2.35. The molecule has 0 spiro atoms. The van der Waals surface area contributed by atoms with Gasteiger partial charge in [0.25, 0.3) is 0 Å². The molecule has 7 rings (SSSR count). The summed E-state index contributed by atoms with van der Waals surface area (Å²) in [6.45, 7) is 7.49. The quantitative estimate of drug-likeness (QED) is 0.235. The molecule has 8 heteroatoms. The van der Waals surface area contributed by atoms with Crippen molar-refractivity contribution < 1.29 is 9.53 Å². The van der Waals surface area contributed by atoms with E-state index >= 15 is 0 Å². The Labute approximate surface area is 246 Å². The predicted molar refractivity (Wildman–Crippen MR) is 166 cm³/mol. The van der Waals surface area contributed by atoms with Gasteiger partial charge in [-0.05, 0) is 106 Å². The number of carbonyl (C=O) groups excluding carboxylic acids is 1. The van der Waals surface area contributed by atoms with Gasteiger partial charge < -0.3 is 14.7 Å². The number of amides is 1. The molecule has 2 saturated heterocycles. The van der Waals surface area contributed by atoms with E-state index in [1.807, 2.05) is 27.0 Å². The van der Waals surface area contributed by atoms with E-state index in [-0.39, 0.29) is 12.1 Å². The minimum absolute atomic E-state index is 0.0982. The molecule has 3 aromatic carbocycles. The minimum Gasteiger partial charge on any atom is -0.444 e. The van der Waals surface area contributed by atoms with Crippen LogP contribution in [0.1, 0.15) is 70.2 Å². The number of nitrogens with one attached hydrogen (secondary N) is 2. The zero-order valence-electron chi connectivity index (χ0n) is 24.8. The Hall–Kier alpha value is -4.17. The maximum Gasteiger partial charge on any atom is 0.410 e. The Bertz CT molecular complexity index is 1780. The van der Waals surface area contributed by atoms with E-state index in [0.29, 0.717) is 12.6 Å². The lowest BCUT2D eigenvalue weighted by molar-refractivity contribution is 0.0218. The molecule has 1 amide bonds. The average molecular weight is 563 g/mol. The Morgan fingerprint density at radius 2 is 1.55 bits per heavy atom. The summed E-state index contributed by atoms with van der Waals surface area (Å²) in [6, 6.07) is 19.9. The summed E-state index contributed by atoms with van der Waals surface area (Å²) in [5.74, 6) is 1.88. The number of fused-ring (bicyclic) bond motifs is 2. The van der Waals surface area contributed by atoms with Crippen molar-refractivity contribution in [2.45, 2.75) is 64.1 Å². The van der Waals surface area contributed by atoms with Crippen LogP contribution in [0.3, 0.4) is 0 Å². The summed E-state index contributed by atoms with van der Waals surface area (Å²) in [5, 5.41) is 2.35. The van der Waals surface area contributed by atoms with E-state index in [1.165, 1.54) is 22.9 Å². The van der Waals surface area contributed by atoms with Crippen LogP contribution in [0.25, 0.3) is 44.2 Å². The second-order valence-corrected chi connectivity index (χ2v) is 12.8. The highest BCUT2D eigenvalue weighted by atomic mass is 16.6. The molecule has 0 saturated carbocycles. The smallest absolute Gasteiger partial charge is 0.410 e. The first-order valence-corrected chi connectivity index (χ1v) is 15.0. The van der Waals surface area contributed by atoms with Gasteiger partial charge in [-0.3, -0.25) is 9.80 Å². The zero-order valence-corrected chi connectivity index (χ0v) is 24.8. The van der Waals surface area contributed by atoms with Crippen LogP contribution in [0.2, 0.25) is 0 Å². The SMILES string of the molecule is CN1CCCC1c1nc2ccc(-c3ccc4cc(-c5cnc(C6CCCN6C(=O)OC(C)(C)C)[nH]5)ccc4c3)cc2[nH]1. The van der Waals surface area contributed by atoms with Crippen molar-refractivity contribution in [3.63, 3.8) is 0 Å². The van der Waals surface area contributed by atoms with E-state index in [9.17, 15) is 4.79 Å². The average Bonchev–Trinajstić information content (AvgIpc) is 3.76. The van der Waals surface area contributed by atoms with E-state index in [2.05, 4.69) is 81.5 Å². The number of aromatic amines is 2. The fraction of sp³-hybridized carbons (Fsp3) is 0.382. The molecular formula is C34H38N6O2. The van der Waals surface area contributed by atoms with Crippen LogP contribution in [0.5, 0.6) is 0 Å². The van der Waals surface area contributed by atoms with Crippen molar-refractivity contribution in [3.05, 3.63) is 72.4 Å². The van der Waals surface area contributed by atoms with Crippen LogP contribution >= 0.6 is 0 Å². The van der Waals surface area contributed by atoms with Crippen molar-refractivity contribution in [2.24, 2.45) is 0 Å². The highest BCUT2D eigenvalue weighted by Gasteiger charge is 2.35. The number of benzene rings is 3. The molecule has 2 N–H and O–H groups in total. The van der Waals surface area contributed by atoms with Gasteiger partial charge in [0.2, 0.25) is 0 Å². The third kappa shape index (κ3) is 5.04. The number of H-pyrrole nitrogens is 2. The summed E-state index contributed by atoms with van der Waals surface area (Å²) in [5.41, 5.74) is 5.95. The summed E-state index contributed by atoms with van der Waals surface area (Å²) in [6.07, 6.45) is 5.77. The lowest BCUT2D eigenvalue weighted by Crippen LogP contribution is -2.36. The van der Waals surface area contributed by atoms with Crippen molar-refractivity contribution >= 4 is 27.9 Å². The van der Waals surface area contributed by atoms with E-state index in [0.717, 1.165) is 65.1 Å². The maximum absolute atomic E-state index is 12.8. The first-order chi connectivity index (χ1) is 20.2. The molecular weight excluding hydrogens is 524 g/mol. The molecule has 0 bridgehead atoms. The van der Waals surface area contributed by atoms with Crippen LogP contribution in [-0.4, -0.2) is 61.6 Å². The number of carbonyl (C=O) groups is 1. The molecule has 4 heterocycles. The molecule has 2 aliphatic rings. The van der Waals surface area contributed by atoms with Crippen molar-refractivity contribution in [2.75, 3.05) is 20.1 Å². The fourth-order valence-corrected chi connectivity index (χ4v) is 6.46. The van der Waals surface area contributed by atoms with Crippen molar-refractivity contribution in [1.82, 2.24) is 29.7 Å². The number of nitrogens with zero attached hydrogens (tertiary/aromatic N) is 4. The third-order valence-corrected chi connectivity index (χ3v) is 8.61. The second kappa shape index (κ2) is 10.3. The van der Waals surface area contributed by atoms with Gasteiger partial charge in [0.15, 0.2) is 0 Å². The van der Waals surface area contributed by atoms with Crippen LogP contribution in [0, 0.1) is 0 Å². The first-order valence-electron chi connectivity index (χ1n) is 15.0. The third-order valence-electron chi connectivity index (χ3n) is 8.61. The summed E-state index contributed by atoms with van der Waals surface area (Å²) >= 11 is 0. The Morgan fingerprint density at radius 3 is 2.31 bits per heavy atom. The lowest BCUT2D eigenvalue weighted by atomic mass is 9.99. The molecule has 8 nitrogen and oxygen atoms in total. The Balaban J connectivity index is 1.12.